The molecule has 4 atom stereocenters. The van der Waals surface area contributed by atoms with Crippen LogP contribution in [0.2, 0.25) is 0 Å². The van der Waals surface area contributed by atoms with E-state index in [-0.39, 0.29) is 41.9 Å². The summed E-state index contributed by atoms with van der Waals surface area (Å²) in [5.41, 5.74) is -0.507. The van der Waals surface area contributed by atoms with E-state index in [1.807, 2.05) is 0 Å². The summed E-state index contributed by atoms with van der Waals surface area (Å²) in [6, 6.07) is 0. The molecule has 0 aromatic rings. The first kappa shape index (κ1) is 38.4. The van der Waals surface area contributed by atoms with E-state index in [0.717, 1.165) is 89.9 Å². The van der Waals surface area contributed by atoms with Crippen LogP contribution in [0.1, 0.15) is 170 Å². The minimum absolute atomic E-state index is 0.0964. The lowest BCUT2D eigenvalue weighted by atomic mass is 9.42. The predicted octanol–water partition coefficient (Wildman–Crippen LogP) is 10.2. The van der Waals surface area contributed by atoms with Crippen LogP contribution in [0.3, 0.4) is 0 Å². The highest BCUT2D eigenvalue weighted by molar-refractivity contribution is 5.67. The lowest BCUT2D eigenvalue weighted by molar-refractivity contribution is -0.153. The highest BCUT2D eigenvalue weighted by Crippen LogP contribution is 2.66. The third kappa shape index (κ3) is 13.4. The van der Waals surface area contributed by atoms with Gasteiger partial charge in [0.2, 0.25) is 0 Å². The number of carboxylic acid groups (broad SMARTS) is 3. The molecule has 6 nitrogen and oxygen atoms in total. The maximum absolute atomic E-state index is 12.2. The van der Waals surface area contributed by atoms with Crippen LogP contribution >= 0.6 is 0 Å². The fourth-order valence-electron chi connectivity index (χ4n) is 8.42. The van der Waals surface area contributed by atoms with Crippen LogP contribution in [0.25, 0.3) is 0 Å². The normalized spacial score (nSPS) is 24.5. The number of hydrogen-bond donors (Lipinski definition) is 3. The Balaban J connectivity index is 3.68. The molecule has 0 bridgehead atoms. The highest BCUT2D eigenvalue weighted by atomic mass is 16.4. The molecular formula is C36H66O6. The van der Waals surface area contributed by atoms with E-state index in [1.165, 1.54) is 0 Å². The zero-order valence-corrected chi connectivity index (χ0v) is 28.1. The molecule has 0 aromatic heterocycles. The minimum atomic E-state index is -0.783. The van der Waals surface area contributed by atoms with E-state index in [1.54, 1.807) is 0 Å². The van der Waals surface area contributed by atoms with Crippen LogP contribution < -0.4 is 0 Å². The van der Waals surface area contributed by atoms with Gasteiger partial charge in [-0.15, -0.1) is 0 Å². The van der Waals surface area contributed by atoms with Crippen LogP contribution in [-0.2, 0) is 14.4 Å². The van der Waals surface area contributed by atoms with Crippen LogP contribution in [0, 0.1) is 40.4 Å². The van der Waals surface area contributed by atoms with Gasteiger partial charge in [0.15, 0.2) is 0 Å². The van der Waals surface area contributed by atoms with E-state index < -0.39 is 17.9 Å². The van der Waals surface area contributed by atoms with E-state index in [0.29, 0.717) is 37.0 Å². The summed E-state index contributed by atoms with van der Waals surface area (Å²) in [7, 11) is 0. The van der Waals surface area contributed by atoms with Gasteiger partial charge in [-0.25, -0.2) is 0 Å². The molecule has 0 amide bonds. The molecule has 4 unspecified atom stereocenters. The fourth-order valence-corrected chi connectivity index (χ4v) is 8.42. The second kappa shape index (κ2) is 19.6. The van der Waals surface area contributed by atoms with Gasteiger partial charge in [-0.3, -0.25) is 14.4 Å². The Hall–Kier alpha value is -1.59. The number of rotatable bonds is 24. The summed E-state index contributed by atoms with van der Waals surface area (Å²) < 4.78 is 0. The Kier molecular flexibility index (Phi) is 18.0. The molecule has 0 aromatic carbocycles. The third-order valence-electron chi connectivity index (χ3n) is 10.5. The zero-order valence-electron chi connectivity index (χ0n) is 28.1. The van der Waals surface area contributed by atoms with Gasteiger partial charge in [0.1, 0.15) is 0 Å². The number of hydrogen-bond acceptors (Lipinski definition) is 3. The topological polar surface area (TPSA) is 112 Å². The van der Waals surface area contributed by atoms with Gasteiger partial charge in [0.05, 0.1) is 0 Å². The first-order valence-corrected chi connectivity index (χ1v) is 17.4. The number of carboxylic acids is 3. The Morgan fingerprint density at radius 1 is 0.595 bits per heavy atom. The summed E-state index contributed by atoms with van der Waals surface area (Å²) in [5.74, 6) is 0.00511. The van der Waals surface area contributed by atoms with Crippen molar-refractivity contribution in [3.05, 3.63) is 0 Å². The molecule has 6 heteroatoms. The second-order valence-electron chi connectivity index (χ2n) is 15.0. The summed E-state index contributed by atoms with van der Waals surface area (Å²) in [5, 5.41) is 29.5. The molecule has 42 heavy (non-hydrogen) atoms. The Morgan fingerprint density at radius 3 is 1.57 bits per heavy atom. The lowest BCUT2D eigenvalue weighted by Gasteiger charge is -2.62. The van der Waals surface area contributed by atoms with Gasteiger partial charge < -0.3 is 15.3 Å². The molecule has 0 aliphatic heterocycles. The molecule has 1 saturated carbocycles. The molecule has 0 radical (unpaired) electrons. The van der Waals surface area contributed by atoms with Gasteiger partial charge in [-0.2, -0.15) is 0 Å². The van der Waals surface area contributed by atoms with Crippen LogP contribution in [0.4, 0.5) is 0 Å². The van der Waals surface area contributed by atoms with Gasteiger partial charge in [0.25, 0.3) is 0 Å². The average molecular weight is 595 g/mol. The van der Waals surface area contributed by atoms with Gasteiger partial charge in [-0.1, -0.05) is 99.3 Å². The van der Waals surface area contributed by atoms with Crippen molar-refractivity contribution in [2.75, 3.05) is 0 Å². The first-order valence-electron chi connectivity index (χ1n) is 17.4. The fraction of sp³-hybridized carbons (Fsp3) is 0.917. The van der Waals surface area contributed by atoms with E-state index in [2.05, 4.69) is 41.5 Å². The Morgan fingerprint density at radius 2 is 1.07 bits per heavy atom. The highest BCUT2D eigenvalue weighted by Gasteiger charge is 2.58. The van der Waals surface area contributed by atoms with Crippen molar-refractivity contribution >= 4 is 17.9 Å². The molecule has 3 N–H and O–H groups in total. The molecule has 1 aliphatic carbocycles. The smallest absolute Gasteiger partial charge is 0.303 e. The van der Waals surface area contributed by atoms with Crippen molar-refractivity contribution in [1.29, 1.82) is 0 Å². The van der Waals surface area contributed by atoms with Crippen molar-refractivity contribution in [2.24, 2.45) is 40.4 Å². The summed E-state index contributed by atoms with van der Waals surface area (Å²) in [4.78, 5) is 36.0. The number of unbranched alkanes of at least 4 members (excludes halogenated alkanes) is 3. The minimum Gasteiger partial charge on any atom is -0.481 e. The Labute approximate surface area is 257 Å². The first-order chi connectivity index (χ1) is 19.7. The summed E-state index contributed by atoms with van der Waals surface area (Å²) in [6.45, 7) is 13.5. The largest absolute Gasteiger partial charge is 0.481 e. The third-order valence-corrected chi connectivity index (χ3v) is 10.5. The molecule has 1 aliphatic rings. The molecule has 1 fully saturated rings. The van der Waals surface area contributed by atoms with Crippen LogP contribution in [0.15, 0.2) is 0 Å². The molecule has 0 heterocycles. The molecule has 0 spiro atoms. The van der Waals surface area contributed by atoms with Crippen molar-refractivity contribution in [1.82, 2.24) is 0 Å². The molecular weight excluding hydrogens is 528 g/mol. The van der Waals surface area contributed by atoms with Gasteiger partial charge in [0, 0.05) is 19.3 Å². The maximum Gasteiger partial charge on any atom is 0.303 e. The van der Waals surface area contributed by atoms with E-state index in [4.69, 9.17) is 0 Å². The maximum atomic E-state index is 12.2. The number of carbonyl (C=O) groups is 3. The number of aliphatic carboxylic acids is 3. The standard InChI is InChI=1S/C36H66O6/c1-27(2)13-7-8-16-31-30(17-18-32(37)38)19-24-35(25-20-33(39)40,22-11-9-14-28(3)4)36(31,26-21-34(41)42)23-12-10-15-29(5)6/h27-31H,7-26H2,1-6H3,(H,37,38)(H,39,40)(H,41,42). The van der Waals surface area contributed by atoms with Crippen LogP contribution in [-0.4, -0.2) is 33.2 Å². The predicted molar refractivity (Wildman–Crippen MR) is 172 cm³/mol. The van der Waals surface area contributed by atoms with Crippen molar-refractivity contribution in [3.63, 3.8) is 0 Å². The van der Waals surface area contributed by atoms with Crippen LogP contribution in [0.5, 0.6) is 0 Å². The summed E-state index contributed by atoms with van der Waals surface area (Å²) in [6.07, 6.45) is 16.7. The van der Waals surface area contributed by atoms with E-state index in [9.17, 15) is 29.7 Å². The zero-order chi connectivity index (χ0) is 31.8. The molecule has 0 saturated heterocycles. The van der Waals surface area contributed by atoms with Crippen molar-refractivity contribution in [3.8, 4) is 0 Å². The average Bonchev–Trinajstić information content (AvgIpc) is 2.89. The lowest BCUT2D eigenvalue weighted by Crippen LogP contribution is -2.54. The van der Waals surface area contributed by atoms with Crippen molar-refractivity contribution in [2.45, 2.75) is 170 Å². The van der Waals surface area contributed by atoms with Gasteiger partial charge in [-0.05, 0) is 91.8 Å². The SMILES string of the molecule is CC(C)CCCCC1C(CCC(=O)O)CCC(CCCCC(C)C)(CCC(=O)O)C1(CCCCC(C)C)CCC(=O)O. The van der Waals surface area contributed by atoms with Crippen molar-refractivity contribution < 1.29 is 29.7 Å². The second-order valence-corrected chi connectivity index (χ2v) is 15.0. The van der Waals surface area contributed by atoms with Gasteiger partial charge >= 0.3 is 17.9 Å². The van der Waals surface area contributed by atoms with E-state index >= 15 is 0 Å². The Bertz CT molecular complexity index is 790. The monoisotopic (exact) mass is 594 g/mol. The summed E-state index contributed by atoms with van der Waals surface area (Å²) >= 11 is 0. The molecule has 246 valence electrons. The quantitative estimate of drug-likeness (QED) is 0.0958. The molecule has 1 rings (SSSR count).